The highest BCUT2D eigenvalue weighted by atomic mass is 35.5. The van der Waals surface area contributed by atoms with E-state index in [0.717, 1.165) is 11.3 Å². The van der Waals surface area contributed by atoms with E-state index in [2.05, 4.69) is 15.4 Å². The van der Waals surface area contributed by atoms with Crippen molar-refractivity contribution in [2.75, 3.05) is 31.8 Å². The van der Waals surface area contributed by atoms with Gasteiger partial charge in [0.1, 0.15) is 0 Å². The summed E-state index contributed by atoms with van der Waals surface area (Å²) < 4.78 is 4.58. The molecule has 1 aromatic rings. The second kappa shape index (κ2) is 11.4. The van der Waals surface area contributed by atoms with Gasteiger partial charge in [-0.2, -0.15) is 0 Å². The molecule has 1 amide bonds. The van der Waals surface area contributed by atoms with Crippen LogP contribution in [0.25, 0.3) is 0 Å². The van der Waals surface area contributed by atoms with Gasteiger partial charge in [-0.3, -0.25) is 9.59 Å². The lowest BCUT2D eigenvalue weighted by Crippen LogP contribution is -2.18. The number of benzene rings is 1. The van der Waals surface area contributed by atoms with Crippen LogP contribution in [0.1, 0.15) is 12.0 Å². The number of anilines is 1. The van der Waals surface area contributed by atoms with Gasteiger partial charge in [-0.1, -0.05) is 12.1 Å². The van der Waals surface area contributed by atoms with E-state index in [1.54, 1.807) is 0 Å². The van der Waals surface area contributed by atoms with E-state index in [1.165, 1.54) is 18.9 Å². The predicted octanol–water partition coefficient (Wildman–Crippen LogP) is 2.06. The minimum atomic E-state index is -0.230. The number of thioether (sulfide) groups is 1. The van der Waals surface area contributed by atoms with Crippen LogP contribution >= 0.6 is 24.2 Å². The van der Waals surface area contributed by atoms with Crippen LogP contribution in [0.15, 0.2) is 24.3 Å². The number of hydrogen-bond acceptors (Lipinski definition) is 5. The van der Waals surface area contributed by atoms with E-state index in [4.69, 9.17) is 0 Å². The molecule has 0 spiro atoms. The maximum Gasteiger partial charge on any atom is 0.315 e. The monoisotopic (exact) mass is 332 g/mol. The van der Waals surface area contributed by atoms with Crippen molar-refractivity contribution in [1.82, 2.24) is 5.32 Å². The van der Waals surface area contributed by atoms with Crippen molar-refractivity contribution in [1.29, 1.82) is 0 Å². The SMILES string of the molecule is CNCCC(=O)Nc1cccc(CSCC(=O)OC)c1.Cl. The molecule has 1 aromatic carbocycles. The highest BCUT2D eigenvalue weighted by molar-refractivity contribution is 7.99. The minimum Gasteiger partial charge on any atom is -0.468 e. The number of ether oxygens (including phenoxy) is 1. The molecule has 0 saturated carbocycles. The summed E-state index contributed by atoms with van der Waals surface area (Å²) in [5.74, 6) is 0.787. The third-order valence-electron chi connectivity index (χ3n) is 2.53. The molecule has 0 aliphatic heterocycles. The normalized spacial score (nSPS) is 9.62. The molecule has 0 atom stereocenters. The lowest BCUT2D eigenvalue weighted by molar-refractivity contribution is -0.137. The third kappa shape index (κ3) is 8.60. The summed E-state index contributed by atoms with van der Waals surface area (Å²) in [5.41, 5.74) is 1.84. The van der Waals surface area contributed by atoms with Gasteiger partial charge >= 0.3 is 5.97 Å². The average Bonchev–Trinajstić information content (AvgIpc) is 2.45. The molecule has 0 radical (unpaired) electrons. The van der Waals surface area contributed by atoms with Crippen LogP contribution in [0, 0.1) is 0 Å². The molecule has 0 heterocycles. The van der Waals surface area contributed by atoms with Crippen molar-refractivity contribution in [3.63, 3.8) is 0 Å². The van der Waals surface area contributed by atoms with Crippen LogP contribution < -0.4 is 10.6 Å². The number of esters is 1. The van der Waals surface area contributed by atoms with Crippen molar-refractivity contribution < 1.29 is 14.3 Å². The fourth-order valence-electron chi connectivity index (χ4n) is 1.51. The molecule has 0 unspecified atom stereocenters. The van der Waals surface area contributed by atoms with Gasteiger partial charge in [-0.15, -0.1) is 24.2 Å². The highest BCUT2D eigenvalue weighted by Gasteiger charge is 2.04. The first kappa shape index (κ1) is 19.8. The lowest BCUT2D eigenvalue weighted by Gasteiger charge is -2.07. The fraction of sp³-hybridized carbons (Fsp3) is 0.429. The van der Waals surface area contributed by atoms with Gasteiger partial charge in [-0.05, 0) is 24.7 Å². The molecule has 0 saturated heterocycles. The summed E-state index contributed by atoms with van der Waals surface area (Å²) in [5, 5.41) is 5.78. The Labute approximate surface area is 135 Å². The van der Waals surface area contributed by atoms with Gasteiger partial charge in [0.2, 0.25) is 5.91 Å². The maximum atomic E-state index is 11.6. The molecule has 21 heavy (non-hydrogen) atoms. The molecule has 0 aromatic heterocycles. The average molecular weight is 333 g/mol. The van der Waals surface area contributed by atoms with Crippen molar-refractivity contribution >= 4 is 41.7 Å². The number of halogens is 1. The predicted molar refractivity (Wildman–Crippen MR) is 89.0 cm³/mol. The van der Waals surface area contributed by atoms with Crippen molar-refractivity contribution in [3.05, 3.63) is 29.8 Å². The zero-order chi connectivity index (χ0) is 14.8. The van der Waals surface area contributed by atoms with Crippen LogP contribution in [-0.2, 0) is 20.1 Å². The summed E-state index contributed by atoms with van der Waals surface area (Å²) in [4.78, 5) is 22.6. The fourth-order valence-corrected chi connectivity index (χ4v) is 2.31. The van der Waals surface area contributed by atoms with Gasteiger partial charge < -0.3 is 15.4 Å². The summed E-state index contributed by atoms with van der Waals surface area (Å²) in [7, 11) is 3.19. The summed E-state index contributed by atoms with van der Waals surface area (Å²) in [6, 6.07) is 7.63. The van der Waals surface area contributed by atoms with E-state index < -0.39 is 0 Å². The number of methoxy groups -OCH3 is 1. The Morgan fingerprint density at radius 3 is 2.76 bits per heavy atom. The summed E-state index contributed by atoms with van der Waals surface area (Å²) in [6.07, 6.45) is 0.442. The molecule has 0 fully saturated rings. The van der Waals surface area contributed by atoms with Crippen LogP contribution in [0.3, 0.4) is 0 Å². The number of nitrogens with one attached hydrogen (secondary N) is 2. The highest BCUT2D eigenvalue weighted by Crippen LogP contribution is 2.16. The van der Waals surface area contributed by atoms with E-state index in [9.17, 15) is 9.59 Å². The zero-order valence-corrected chi connectivity index (χ0v) is 13.8. The van der Waals surface area contributed by atoms with Crippen molar-refractivity contribution in [3.8, 4) is 0 Å². The Kier molecular flexibility index (Phi) is 10.7. The van der Waals surface area contributed by atoms with Crippen LogP contribution in [0.5, 0.6) is 0 Å². The molecule has 2 N–H and O–H groups in total. The Morgan fingerprint density at radius 1 is 1.33 bits per heavy atom. The van der Waals surface area contributed by atoms with Gasteiger partial charge in [-0.25, -0.2) is 0 Å². The molecular weight excluding hydrogens is 312 g/mol. The first-order valence-corrected chi connectivity index (χ1v) is 7.49. The smallest absolute Gasteiger partial charge is 0.315 e. The van der Waals surface area contributed by atoms with E-state index in [1.807, 2.05) is 31.3 Å². The number of hydrogen-bond donors (Lipinski definition) is 2. The van der Waals surface area contributed by atoms with Gasteiger partial charge in [0.25, 0.3) is 0 Å². The summed E-state index contributed by atoms with van der Waals surface area (Å²) in [6.45, 7) is 0.653. The third-order valence-corrected chi connectivity index (χ3v) is 3.51. The Morgan fingerprint density at radius 2 is 2.10 bits per heavy atom. The molecule has 0 bridgehead atoms. The molecule has 1 rings (SSSR count). The maximum absolute atomic E-state index is 11.6. The quantitative estimate of drug-likeness (QED) is 0.713. The van der Waals surface area contributed by atoms with Gasteiger partial charge in [0.15, 0.2) is 0 Å². The lowest BCUT2D eigenvalue weighted by atomic mass is 10.2. The minimum absolute atomic E-state index is 0. The summed E-state index contributed by atoms with van der Waals surface area (Å²) >= 11 is 1.48. The van der Waals surface area contributed by atoms with E-state index >= 15 is 0 Å². The van der Waals surface area contributed by atoms with Crippen LogP contribution in [0.2, 0.25) is 0 Å². The number of carbonyl (C=O) groups excluding carboxylic acids is 2. The molecule has 7 heteroatoms. The Hall–Kier alpha value is -1.24. The Bertz CT molecular complexity index is 458. The topological polar surface area (TPSA) is 67.4 Å². The molecular formula is C14H21ClN2O3S. The standard InChI is InChI=1S/C14H20N2O3S.ClH/c1-15-7-6-13(17)16-12-5-3-4-11(8-12)9-20-10-14(18)19-2;/h3-5,8,15H,6-7,9-10H2,1-2H3,(H,16,17);1H. The molecule has 118 valence electrons. The number of rotatable bonds is 8. The van der Waals surface area contributed by atoms with E-state index in [0.29, 0.717) is 24.5 Å². The van der Waals surface area contributed by atoms with Crippen LogP contribution in [-0.4, -0.2) is 38.3 Å². The van der Waals surface area contributed by atoms with E-state index in [-0.39, 0.29) is 24.3 Å². The molecule has 0 aliphatic rings. The number of amides is 1. The second-order valence-electron chi connectivity index (χ2n) is 4.17. The number of carbonyl (C=O) groups is 2. The van der Waals surface area contributed by atoms with Gasteiger partial charge in [0, 0.05) is 24.4 Å². The second-order valence-corrected chi connectivity index (χ2v) is 5.16. The van der Waals surface area contributed by atoms with Crippen LogP contribution in [0.4, 0.5) is 5.69 Å². The zero-order valence-electron chi connectivity index (χ0n) is 12.2. The van der Waals surface area contributed by atoms with Crippen molar-refractivity contribution in [2.24, 2.45) is 0 Å². The molecule has 0 aliphatic carbocycles. The molecule has 5 nitrogen and oxygen atoms in total. The first-order chi connectivity index (χ1) is 9.65. The first-order valence-electron chi connectivity index (χ1n) is 6.33. The van der Waals surface area contributed by atoms with Crippen molar-refractivity contribution in [2.45, 2.75) is 12.2 Å². The largest absolute Gasteiger partial charge is 0.468 e. The van der Waals surface area contributed by atoms with Gasteiger partial charge in [0.05, 0.1) is 12.9 Å². The Balaban J connectivity index is 0.00000400.